The summed E-state index contributed by atoms with van der Waals surface area (Å²) in [7, 11) is 0. The summed E-state index contributed by atoms with van der Waals surface area (Å²) >= 11 is 0. The number of carbonyl (C=O) groups is 1. The Hall–Kier alpha value is -2.98. The van der Waals surface area contributed by atoms with E-state index in [1.54, 1.807) is 17.1 Å². The third-order valence-electron chi connectivity index (χ3n) is 5.02. The van der Waals surface area contributed by atoms with Crippen LogP contribution in [-0.2, 0) is 10.9 Å². The average molecular weight is 419 g/mol. The molecule has 0 aliphatic carbocycles. The maximum Gasteiger partial charge on any atom is 0.433 e. The Morgan fingerprint density at radius 3 is 2.50 bits per heavy atom. The SMILES string of the molecule is Cc1ccc(-c2cc(C(F)(F)F)n3nc(C(=O)NN4CCOCC4)cc3n2)cc1C. The number of hydrogen-bond donors (Lipinski definition) is 1. The van der Waals surface area contributed by atoms with Crippen LogP contribution in [0.1, 0.15) is 27.3 Å². The second kappa shape index (κ2) is 7.69. The molecule has 0 bridgehead atoms. The number of aromatic nitrogens is 3. The van der Waals surface area contributed by atoms with Crippen molar-refractivity contribution in [1.82, 2.24) is 25.0 Å². The lowest BCUT2D eigenvalue weighted by Crippen LogP contribution is -2.48. The van der Waals surface area contributed by atoms with Gasteiger partial charge in [-0.3, -0.25) is 10.2 Å². The van der Waals surface area contributed by atoms with E-state index in [1.807, 2.05) is 19.9 Å². The lowest BCUT2D eigenvalue weighted by Gasteiger charge is -2.26. The number of aryl methyl sites for hydroxylation is 2. The first-order valence-corrected chi connectivity index (χ1v) is 9.42. The van der Waals surface area contributed by atoms with E-state index in [9.17, 15) is 18.0 Å². The molecule has 1 amide bonds. The number of rotatable bonds is 3. The van der Waals surface area contributed by atoms with Crippen molar-refractivity contribution in [2.75, 3.05) is 26.3 Å². The van der Waals surface area contributed by atoms with Crippen molar-refractivity contribution >= 4 is 11.6 Å². The molecule has 7 nitrogen and oxygen atoms in total. The smallest absolute Gasteiger partial charge is 0.379 e. The van der Waals surface area contributed by atoms with Gasteiger partial charge in [0.2, 0.25) is 0 Å². The van der Waals surface area contributed by atoms with Gasteiger partial charge in [0.15, 0.2) is 17.0 Å². The van der Waals surface area contributed by atoms with Crippen LogP contribution in [0.4, 0.5) is 13.2 Å². The molecule has 0 unspecified atom stereocenters. The fourth-order valence-corrected chi connectivity index (χ4v) is 3.21. The van der Waals surface area contributed by atoms with Crippen LogP contribution in [0, 0.1) is 13.8 Å². The van der Waals surface area contributed by atoms with Gasteiger partial charge in [-0.15, -0.1) is 0 Å². The number of alkyl halides is 3. The molecule has 3 aromatic rings. The minimum absolute atomic E-state index is 0.0508. The Morgan fingerprint density at radius 2 is 1.83 bits per heavy atom. The van der Waals surface area contributed by atoms with Gasteiger partial charge in [-0.25, -0.2) is 14.5 Å². The van der Waals surface area contributed by atoms with Crippen LogP contribution in [0.5, 0.6) is 0 Å². The van der Waals surface area contributed by atoms with E-state index in [0.717, 1.165) is 17.2 Å². The van der Waals surface area contributed by atoms with Crippen molar-refractivity contribution in [3.05, 3.63) is 52.8 Å². The lowest BCUT2D eigenvalue weighted by atomic mass is 10.0. The highest BCUT2D eigenvalue weighted by Gasteiger charge is 2.35. The fourth-order valence-electron chi connectivity index (χ4n) is 3.21. The summed E-state index contributed by atoms with van der Waals surface area (Å²) in [5.74, 6) is -0.594. The maximum atomic E-state index is 13.7. The number of halogens is 3. The van der Waals surface area contributed by atoms with Crippen LogP contribution in [0.15, 0.2) is 30.3 Å². The molecule has 1 aliphatic rings. The van der Waals surface area contributed by atoms with Crippen LogP contribution in [0.2, 0.25) is 0 Å². The molecule has 158 valence electrons. The lowest BCUT2D eigenvalue weighted by molar-refractivity contribution is -0.142. The maximum absolute atomic E-state index is 13.7. The van der Waals surface area contributed by atoms with Gasteiger partial charge in [0.05, 0.1) is 18.9 Å². The summed E-state index contributed by atoms with van der Waals surface area (Å²) in [6, 6.07) is 7.56. The predicted octanol–water partition coefficient (Wildman–Crippen LogP) is 3.01. The van der Waals surface area contributed by atoms with Gasteiger partial charge < -0.3 is 4.74 Å². The normalized spacial score (nSPS) is 15.5. The highest BCUT2D eigenvalue weighted by Crippen LogP contribution is 2.32. The summed E-state index contributed by atoms with van der Waals surface area (Å²) < 4.78 is 47.1. The summed E-state index contributed by atoms with van der Waals surface area (Å²) in [6.45, 7) is 5.71. The number of hydrogen-bond acceptors (Lipinski definition) is 5. The monoisotopic (exact) mass is 419 g/mol. The van der Waals surface area contributed by atoms with E-state index in [2.05, 4.69) is 15.5 Å². The van der Waals surface area contributed by atoms with Crippen molar-refractivity contribution in [2.45, 2.75) is 20.0 Å². The molecule has 1 fully saturated rings. The molecule has 30 heavy (non-hydrogen) atoms. The molecular formula is C20H20F3N5O2. The fraction of sp³-hybridized carbons (Fsp3) is 0.350. The number of ether oxygens (including phenoxy) is 1. The molecule has 10 heteroatoms. The second-order valence-electron chi connectivity index (χ2n) is 7.16. The Bertz CT molecular complexity index is 1100. The van der Waals surface area contributed by atoms with Crippen LogP contribution >= 0.6 is 0 Å². The number of nitrogens with zero attached hydrogens (tertiary/aromatic N) is 4. The molecule has 3 heterocycles. The standard InChI is InChI=1S/C20H20F3N5O2/c1-12-3-4-14(9-13(12)2)15-10-17(20(21,22)23)28-18(24-15)11-16(25-28)19(29)26-27-5-7-30-8-6-27/h3-4,9-11H,5-8H2,1-2H3,(H,26,29). The first-order chi connectivity index (χ1) is 14.2. The van der Waals surface area contributed by atoms with E-state index in [4.69, 9.17) is 4.74 Å². The highest BCUT2D eigenvalue weighted by atomic mass is 19.4. The van der Waals surface area contributed by atoms with Crippen LogP contribution < -0.4 is 5.43 Å². The number of amides is 1. The molecule has 0 spiro atoms. The Kier molecular flexibility index (Phi) is 5.20. The quantitative estimate of drug-likeness (QED) is 0.707. The average Bonchev–Trinajstić information content (AvgIpc) is 3.13. The molecule has 1 aliphatic heterocycles. The predicted molar refractivity (Wildman–Crippen MR) is 103 cm³/mol. The topological polar surface area (TPSA) is 71.8 Å². The van der Waals surface area contributed by atoms with E-state index in [0.29, 0.717) is 36.4 Å². The molecule has 1 aromatic carbocycles. The first kappa shape index (κ1) is 20.3. The van der Waals surface area contributed by atoms with Gasteiger partial charge in [0, 0.05) is 24.7 Å². The van der Waals surface area contributed by atoms with Crippen molar-refractivity contribution in [2.24, 2.45) is 0 Å². The van der Waals surface area contributed by atoms with Gasteiger partial charge in [0.25, 0.3) is 5.91 Å². The molecule has 0 saturated carbocycles. The van der Waals surface area contributed by atoms with Crippen LogP contribution in [0.3, 0.4) is 0 Å². The molecule has 2 aromatic heterocycles. The van der Waals surface area contributed by atoms with Gasteiger partial charge in [0.1, 0.15) is 0 Å². The molecular weight excluding hydrogens is 399 g/mol. The van der Waals surface area contributed by atoms with E-state index in [1.165, 1.54) is 6.07 Å². The summed E-state index contributed by atoms with van der Waals surface area (Å²) in [5, 5.41) is 5.52. The largest absolute Gasteiger partial charge is 0.433 e. The molecule has 0 atom stereocenters. The minimum atomic E-state index is -4.67. The van der Waals surface area contributed by atoms with Crippen molar-refractivity contribution < 1.29 is 22.7 Å². The summed E-state index contributed by atoms with van der Waals surface area (Å²) in [4.78, 5) is 16.8. The Labute approximate surface area is 170 Å². The van der Waals surface area contributed by atoms with Gasteiger partial charge in [-0.1, -0.05) is 12.1 Å². The summed E-state index contributed by atoms with van der Waals surface area (Å²) in [6.07, 6.45) is -4.67. The molecule has 0 radical (unpaired) electrons. The third kappa shape index (κ3) is 4.01. The molecule has 1 saturated heterocycles. The van der Waals surface area contributed by atoms with Gasteiger partial charge in [-0.05, 0) is 37.1 Å². The van der Waals surface area contributed by atoms with Crippen molar-refractivity contribution in [1.29, 1.82) is 0 Å². The van der Waals surface area contributed by atoms with Gasteiger partial charge in [-0.2, -0.15) is 18.3 Å². The number of carbonyl (C=O) groups excluding carboxylic acids is 1. The number of nitrogens with one attached hydrogen (secondary N) is 1. The van der Waals surface area contributed by atoms with E-state index in [-0.39, 0.29) is 17.0 Å². The van der Waals surface area contributed by atoms with Gasteiger partial charge >= 0.3 is 6.18 Å². The van der Waals surface area contributed by atoms with E-state index < -0.39 is 17.8 Å². The molecule has 4 rings (SSSR count). The second-order valence-corrected chi connectivity index (χ2v) is 7.16. The van der Waals surface area contributed by atoms with E-state index >= 15 is 0 Å². The number of hydrazine groups is 1. The van der Waals surface area contributed by atoms with Crippen LogP contribution in [-0.4, -0.2) is 51.8 Å². The number of benzene rings is 1. The number of morpholine rings is 1. The summed E-state index contributed by atoms with van der Waals surface area (Å²) in [5.41, 5.74) is 4.16. The minimum Gasteiger partial charge on any atom is -0.379 e. The number of fused-ring (bicyclic) bond motifs is 1. The Morgan fingerprint density at radius 1 is 1.10 bits per heavy atom. The van der Waals surface area contributed by atoms with Crippen LogP contribution in [0.25, 0.3) is 16.9 Å². The third-order valence-corrected chi connectivity index (χ3v) is 5.02. The van der Waals surface area contributed by atoms with Crippen molar-refractivity contribution in [3.8, 4) is 11.3 Å². The zero-order chi connectivity index (χ0) is 21.5. The Balaban J connectivity index is 1.75. The zero-order valence-electron chi connectivity index (χ0n) is 16.5. The van der Waals surface area contributed by atoms with Crippen molar-refractivity contribution in [3.63, 3.8) is 0 Å². The highest BCUT2D eigenvalue weighted by molar-refractivity contribution is 5.93. The molecule has 1 N–H and O–H groups in total. The first-order valence-electron chi connectivity index (χ1n) is 9.42. The zero-order valence-corrected chi connectivity index (χ0v) is 16.5.